The standard InChI is InChI=1S/C27H32N2O4/c1-27(2,16-19-10-11-20-6-3-4-7-22(20)14-19)28-17-25(30)18-33-26(21-12-13-21)23-8-5-9-24(15-23)29(31)32/h3-11,14-15,21,25-26,28,30H,12-13,16-18H2,1-2H3/t25-,26?/m1/s1. The van der Waals surface area contributed by atoms with E-state index in [0.29, 0.717) is 12.5 Å². The van der Waals surface area contributed by atoms with Gasteiger partial charge < -0.3 is 15.2 Å². The average Bonchev–Trinajstić information content (AvgIpc) is 3.63. The molecule has 1 fully saturated rings. The molecule has 4 rings (SSSR count). The first kappa shape index (κ1) is 23.4. The highest BCUT2D eigenvalue weighted by atomic mass is 16.6. The molecule has 0 aliphatic heterocycles. The van der Waals surface area contributed by atoms with Crippen molar-refractivity contribution in [1.29, 1.82) is 0 Å². The summed E-state index contributed by atoms with van der Waals surface area (Å²) in [5.74, 6) is 0.358. The van der Waals surface area contributed by atoms with Crippen LogP contribution in [0.3, 0.4) is 0 Å². The molecule has 0 bridgehead atoms. The second-order valence-corrected chi connectivity index (χ2v) is 9.72. The number of nitro groups is 1. The van der Waals surface area contributed by atoms with E-state index < -0.39 is 6.10 Å². The van der Waals surface area contributed by atoms with Crippen LogP contribution < -0.4 is 5.32 Å². The summed E-state index contributed by atoms with van der Waals surface area (Å²) in [7, 11) is 0. The summed E-state index contributed by atoms with van der Waals surface area (Å²) in [5, 5.41) is 27.6. The fourth-order valence-corrected chi connectivity index (χ4v) is 4.31. The number of benzene rings is 3. The minimum atomic E-state index is -0.666. The van der Waals surface area contributed by atoms with Gasteiger partial charge >= 0.3 is 0 Å². The number of β-amino-alcohol motifs (C(OH)–C–C–N with tert-alkyl or cyclic N) is 1. The summed E-state index contributed by atoms with van der Waals surface area (Å²) in [6.45, 7) is 4.85. The molecule has 2 N–H and O–H groups in total. The normalized spacial score (nSPS) is 16.0. The van der Waals surface area contributed by atoms with Gasteiger partial charge in [0.15, 0.2) is 0 Å². The van der Waals surface area contributed by atoms with Gasteiger partial charge in [-0.1, -0.05) is 54.6 Å². The maximum absolute atomic E-state index is 11.1. The Labute approximate surface area is 194 Å². The number of aliphatic hydroxyl groups is 1. The first-order valence-electron chi connectivity index (χ1n) is 11.6. The summed E-state index contributed by atoms with van der Waals surface area (Å²) < 4.78 is 6.07. The fraction of sp³-hybridized carbons (Fsp3) is 0.407. The topological polar surface area (TPSA) is 84.6 Å². The van der Waals surface area contributed by atoms with Crippen molar-refractivity contribution in [2.24, 2.45) is 5.92 Å². The third kappa shape index (κ3) is 6.38. The predicted octanol–water partition coefficient (Wildman–Crippen LogP) is 5.19. The van der Waals surface area contributed by atoms with Crippen LogP contribution in [-0.2, 0) is 11.2 Å². The van der Waals surface area contributed by atoms with Crippen LogP contribution in [0.5, 0.6) is 0 Å². The molecule has 3 aromatic rings. The third-order valence-corrected chi connectivity index (χ3v) is 6.20. The van der Waals surface area contributed by atoms with Crippen LogP contribution in [0.1, 0.15) is 43.9 Å². The number of fused-ring (bicyclic) bond motifs is 1. The summed E-state index contributed by atoms with van der Waals surface area (Å²) in [5.41, 5.74) is 1.93. The SMILES string of the molecule is CC(C)(Cc1ccc2ccccc2c1)NC[C@@H](O)COC(c1cccc([N+](=O)[O-])c1)C1CC1. The molecule has 6 heteroatoms. The average molecular weight is 449 g/mol. The van der Waals surface area contributed by atoms with Gasteiger partial charge in [0, 0.05) is 24.2 Å². The first-order valence-corrected chi connectivity index (χ1v) is 11.6. The van der Waals surface area contributed by atoms with Crippen LogP contribution in [0, 0.1) is 16.0 Å². The van der Waals surface area contributed by atoms with E-state index in [2.05, 4.69) is 55.6 Å². The lowest BCUT2D eigenvalue weighted by Gasteiger charge is -2.29. The van der Waals surface area contributed by atoms with E-state index in [1.54, 1.807) is 12.1 Å². The minimum Gasteiger partial charge on any atom is -0.389 e. The van der Waals surface area contributed by atoms with E-state index in [1.807, 2.05) is 12.1 Å². The Kier molecular flexibility index (Phi) is 7.08. The molecule has 2 atom stereocenters. The largest absolute Gasteiger partial charge is 0.389 e. The summed E-state index contributed by atoms with van der Waals surface area (Å²) in [6.07, 6.45) is 2.04. The fourth-order valence-electron chi connectivity index (χ4n) is 4.31. The molecule has 3 aromatic carbocycles. The van der Waals surface area contributed by atoms with Gasteiger partial charge in [-0.3, -0.25) is 10.1 Å². The Bertz CT molecular complexity index is 1110. The molecule has 0 amide bonds. The molecule has 0 heterocycles. The zero-order valence-corrected chi connectivity index (χ0v) is 19.2. The number of nitrogens with zero attached hydrogens (tertiary/aromatic N) is 1. The smallest absolute Gasteiger partial charge is 0.269 e. The van der Waals surface area contributed by atoms with Gasteiger partial charge in [0.2, 0.25) is 0 Å². The molecule has 1 aliphatic carbocycles. The van der Waals surface area contributed by atoms with Crippen molar-refractivity contribution in [2.75, 3.05) is 13.2 Å². The zero-order valence-electron chi connectivity index (χ0n) is 19.2. The van der Waals surface area contributed by atoms with E-state index in [9.17, 15) is 15.2 Å². The molecule has 0 radical (unpaired) electrons. The van der Waals surface area contributed by atoms with Crippen LogP contribution in [0.4, 0.5) is 5.69 Å². The predicted molar refractivity (Wildman–Crippen MR) is 130 cm³/mol. The van der Waals surface area contributed by atoms with Crippen LogP contribution in [0.15, 0.2) is 66.7 Å². The monoisotopic (exact) mass is 448 g/mol. The highest BCUT2D eigenvalue weighted by Crippen LogP contribution is 2.43. The highest BCUT2D eigenvalue weighted by Gasteiger charge is 2.34. The van der Waals surface area contributed by atoms with E-state index in [1.165, 1.54) is 22.4 Å². The van der Waals surface area contributed by atoms with Gasteiger partial charge in [0.05, 0.1) is 23.7 Å². The van der Waals surface area contributed by atoms with Crippen LogP contribution >= 0.6 is 0 Å². The van der Waals surface area contributed by atoms with Crippen molar-refractivity contribution in [3.63, 3.8) is 0 Å². The molecular formula is C27H32N2O4. The van der Waals surface area contributed by atoms with Crippen molar-refractivity contribution in [3.8, 4) is 0 Å². The molecule has 0 spiro atoms. The number of nitro benzene ring substituents is 1. The molecule has 1 aliphatic rings. The molecular weight excluding hydrogens is 416 g/mol. The van der Waals surface area contributed by atoms with Gasteiger partial charge in [-0.05, 0) is 60.9 Å². The van der Waals surface area contributed by atoms with Crippen LogP contribution in [-0.4, -0.2) is 34.8 Å². The van der Waals surface area contributed by atoms with Gasteiger partial charge in [0.25, 0.3) is 5.69 Å². The molecule has 1 unspecified atom stereocenters. The maximum atomic E-state index is 11.1. The molecule has 33 heavy (non-hydrogen) atoms. The number of nitrogens with one attached hydrogen (secondary N) is 1. The van der Waals surface area contributed by atoms with Crippen LogP contribution in [0.25, 0.3) is 10.8 Å². The molecule has 174 valence electrons. The lowest BCUT2D eigenvalue weighted by Crippen LogP contribution is -2.46. The summed E-state index contributed by atoms with van der Waals surface area (Å²) in [4.78, 5) is 10.7. The second-order valence-electron chi connectivity index (χ2n) is 9.72. The van der Waals surface area contributed by atoms with Crippen LogP contribution in [0.2, 0.25) is 0 Å². The van der Waals surface area contributed by atoms with Gasteiger partial charge in [0.1, 0.15) is 0 Å². The zero-order chi connectivity index (χ0) is 23.4. The Balaban J connectivity index is 1.30. The quantitative estimate of drug-likeness (QED) is 0.312. The first-order chi connectivity index (χ1) is 15.8. The lowest BCUT2D eigenvalue weighted by molar-refractivity contribution is -0.385. The molecule has 0 aromatic heterocycles. The summed E-state index contributed by atoms with van der Waals surface area (Å²) in [6, 6.07) is 21.5. The number of aliphatic hydroxyl groups excluding tert-OH is 1. The number of hydrogen-bond acceptors (Lipinski definition) is 5. The van der Waals surface area contributed by atoms with E-state index in [4.69, 9.17) is 4.74 Å². The van der Waals surface area contributed by atoms with Crippen molar-refractivity contribution in [1.82, 2.24) is 5.32 Å². The van der Waals surface area contributed by atoms with Crippen molar-refractivity contribution in [3.05, 3.63) is 88.0 Å². The third-order valence-electron chi connectivity index (χ3n) is 6.20. The van der Waals surface area contributed by atoms with Gasteiger partial charge in [-0.15, -0.1) is 0 Å². The number of hydrogen-bond donors (Lipinski definition) is 2. The molecule has 1 saturated carbocycles. The summed E-state index contributed by atoms with van der Waals surface area (Å²) >= 11 is 0. The molecule has 0 saturated heterocycles. The Hall–Kier alpha value is -2.80. The Morgan fingerprint density at radius 3 is 2.58 bits per heavy atom. The Morgan fingerprint density at radius 1 is 1.09 bits per heavy atom. The maximum Gasteiger partial charge on any atom is 0.269 e. The highest BCUT2D eigenvalue weighted by molar-refractivity contribution is 5.83. The minimum absolute atomic E-state index is 0.0689. The van der Waals surface area contributed by atoms with Crippen molar-refractivity contribution < 1.29 is 14.8 Å². The number of ether oxygens (including phenoxy) is 1. The van der Waals surface area contributed by atoms with Crippen molar-refractivity contribution >= 4 is 16.5 Å². The Morgan fingerprint density at radius 2 is 1.85 bits per heavy atom. The second kappa shape index (κ2) is 10.00. The van der Waals surface area contributed by atoms with E-state index >= 15 is 0 Å². The van der Waals surface area contributed by atoms with Gasteiger partial charge in [-0.2, -0.15) is 0 Å². The number of rotatable bonds is 11. The van der Waals surface area contributed by atoms with E-state index in [-0.39, 0.29) is 28.9 Å². The molecule has 6 nitrogen and oxygen atoms in total. The number of non-ortho nitro benzene ring substituents is 1. The van der Waals surface area contributed by atoms with Gasteiger partial charge in [-0.25, -0.2) is 0 Å². The lowest BCUT2D eigenvalue weighted by atomic mass is 9.93. The van der Waals surface area contributed by atoms with E-state index in [0.717, 1.165) is 24.8 Å². The van der Waals surface area contributed by atoms with Crippen molar-refractivity contribution in [2.45, 2.75) is 50.9 Å².